The van der Waals surface area contributed by atoms with E-state index in [4.69, 9.17) is 9.84 Å². The molecule has 118 valence electrons. The molecule has 1 aromatic rings. The van der Waals surface area contributed by atoms with Gasteiger partial charge in [-0.15, -0.1) is 0 Å². The molecule has 23 heavy (non-hydrogen) atoms. The summed E-state index contributed by atoms with van der Waals surface area (Å²) < 4.78 is 4.82. The molecule has 0 amide bonds. The number of phenolic OH excluding ortho intramolecular Hbond substituents is 1. The Kier molecular flexibility index (Phi) is 4.75. The Morgan fingerprint density at radius 3 is 2.39 bits per heavy atom. The predicted molar refractivity (Wildman–Crippen MR) is 80.6 cm³/mol. The summed E-state index contributed by atoms with van der Waals surface area (Å²) >= 11 is 0. The molecule has 2 rings (SSSR count). The van der Waals surface area contributed by atoms with Crippen molar-refractivity contribution in [1.29, 1.82) is 0 Å². The van der Waals surface area contributed by atoms with E-state index in [0.717, 1.165) is 0 Å². The third-order valence-electron chi connectivity index (χ3n) is 3.28. The SMILES string of the molecule is CC=C1C=C(C(=O)O)C=CC1C(=O)OC(=O)c1ccc(O)cc1. The van der Waals surface area contributed by atoms with Gasteiger partial charge in [0.05, 0.1) is 11.1 Å². The highest BCUT2D eigenvalue weighted by Crippen LogP contribution is 2.24. The minimum absolute atomic E-state index is 0.00868. The minimum atomic E-state index is -1.10. The Morgan fingerprint density at radius 2 is 1.83 bits per heavy atom. The first kappa shape index (κ1) is 16.2. The monoisotopic (exact) mass is 314 g/mol. The third-order valence-corrected chi connectivity index (χ3v) is 3.28. The lowest BCUT2D eigenvalue weighted by molar-refractivity contribution is -0.140. The fourth-order valence-electron chi connectivity index (χ4n) is 2.05. The highest BCUT2D eigenvalue weighted by molar-refractivity contribution is 5.99. The number of allylic oxidation sites excluding steroid dienone is 2. The maximum absolute atomic E-state index is 12.1. The Labute approximate surface area is 132 Å². The van der Waals surface area contributed by atoms with E-state index in [2.05, 4.69) is 0 Å². The highest BCUT2D eigenvalue weighted by Gasteiger charge is 2.27. The van der Waals surface area contributed by atoms with Gasteiger partial charge in [0.15, 0.2) is 0 Å². The summed E-state index contributed by atoms with van der Waals surface area (Å²) in [5.74, 6) is -3.60. The molecule has 6 heteroatoms. The number of carbonyl (C=O) groups excluding carboxylic acids is 2. The number of aliphatic carboxylic acids is 1. The van der Waals surface area contributed by atoms with Gasteiger partial charge in [-0.2, -0.15) is 0 Å². The van der Waals surface area contributed by atoms with Crippen LogP contribution in [-0.4, -0.2) is 28.1 Å². The van der Waals surface area contributed by atoms with Gasteiger partial charge in [-0.1, -0.05) is 18.2 Å². The fraction of sp³-hybridized carbons (Fsp3) is 0.118. The number of rotatable bonds is 3. The van der Waals surface area contributed by atoms with E-state index in [9.17, 15) is 19.5 Å². The molecule has 2 N–H and O–H groups in total. The van der Waals surface area contributed by atoms with Crippen LogP contribution in [0.5, 0.6) is 5.75 Å². The van der Waals surface area contributed by atoms with Crippen LogP contribution in [0.3, 0.4) is 0 Å². The normalized spacial score (nSPS) is 18.4. The molecule has 0 heterocycles. The molecule has 0 radical (unpaired) electrons. The van der Waals surface area contributed by atoms with E-state index in [-0.39, 0.29) is 16.9 Å². The van der Waals surface area contributed by atoms with Crippen molar-refractivity contribution in [3.05, 3.63) is 65.3 Å². The first-order valence-electron chi connectivity index (χ1n) is 6.77. The van der Waals surface area contributed by atoms with Crippen molar-refractivity contribution in [1.82, 2.24) is 0 Å². The molecule has 0 spiro atoms. The Bertz CT molecular complexity index is 737. The first-order chi connectivity index (χ1) is 10.9. The van der Waals surface area contributed by atoms with Crippen molar-refractivity contribution in [2.75, 3.05) is 0 Å². The van der Waals surface area contributed by atoms with Crippen molar-refractivity contribution >= 4 is 17.9 Å². The quantitative estimate of drug-likeness (QED) is 0.655. The van der Waals surface area contributed by atoms with Crippen molar-refractivity contribution in [2.45, 2.75) is 6.92 Å². The Hall–Kier alpha value is -3.15. The summed E-state index contributed by atoms with van der Waals surface area (Å²) in [6.45, 7) is 1.66. The summed E-state index contributed by atoms with van der Waals surface area (Å²) in [4.78, 5) is 35.0. The number of hydrogen-bond acceptors (Lipinski definition) is 5. The van der Waals surface area contributed by atoms with Crippen molar-refractivity contribution < 1.29 is 29.3 Å². The van der Waals surface area contributed by atoms with E-state index in [0.29, 0.717) is 5.57 Å². The summed E-state index contributed by atoms with van der Waals surface area (Å²) in [5.41, 5.74) is 0.611. The summed E-state index contributed by atoms with van der Waals surface area (Å²) in [5, 5.41) is 18.1. The van der Waals surface area contributed by atoms with Gasteiger partial charge in [-0.05, 0) is 42.8 Å². The van der Waals surface area contributed by atoms with Crippen LogP contribution in [0, 0.1) is 5.92 Å². The van der Waals surface area contributed by atoms with Crippen molar-refractivity contribution in [2.24, 2.45) is 5.92 Å². The van der Waals surface area contributed by atoms with Crippen LogP contribution in [0.15, 0.2) is 59.7 Å². The maximum atomic E-state index is 12.1. The molecule has 1 atom stereocenters. The van der Waals surface area contributed by atoms with E-state index in [1.165, 1.54) is 42.5 Å². The number of benzene rings is 1. The fourth-order valence-corrected chi connectivity index (χ4v) is 2.05. The molecular weight excluding hydrogens is 300 g/mol. The van der Waals surface area contributed by atoms with Crippen LogP contribution in [-0.2, 0) is 14.3 Å². The van der Waals surface area contributed by atoms with E-state index in [1.807, 2.05) is 0 Å². The van der Waals surface area contributed by atoms with Crippen LogP contribution in [0.1, 0.15) is 17.3 Å². The topological polar surface area (TPSA) is 101 Å². The van der Waals surface area contributed by atoms with Gasteiger partial charge in [0, 0.05) is 0 Å². The number of phenols is 1. The summed E-state index contributed by atoms with van der Waals surface area (Å²) in [6, 6.07) is 5.28. The van der Waals surface area contributed by atoms with Crippen LogP contribution < -0.4 is 0 Å². The molecular formula is C17H14O6. The predicted octanol–water partition coefficient (Wildman–Crippen LogP) is 2.22. The first-order valence-corrected chi connectivity index (χ1v) is 6.77. The molecule has 0 aromatic heterocycles. The number of carboxylic acids is 1. The molecule has 0 saturated carbocycles. The average molecular weight is 314 g/mol. The molecule has 0 bridgehead atoms. The molecule has 1 aliphatic rings. The second-order valence-corrected chi connectivity index (χ2v) is 4.79. The van der Waals surface area contributed by atoms with Crippen molar-refractivity contribution in [3.8, 4) is 5.75 Å². The molecule has 1 aromatic carbocycles. The second kappa shape index (κ2) is 6.74. The van der Waals surface area contributed by atoms with Crippen LogP contribution in [0.25, 0.3) is 0 Å². The number of carboxylic acid groups (broad SMARTS) is 1. The van der Waals surface area contributed by atoms with Crippen LogP contribution >= 0.6 is 0 Å². The number of ether oxygens (including phenoxy) is 1. The lowest BCUT2D eigenvalue weighted by atomic mass is 9.91. The Balaban J connectivity index is 2.12. The molecule has 0 aliphatic heterocycles. The molecule has 0 fully saturated rings. The van der Waals surface area contributed by atoms with Gasteiger partial charge in [-0.25, -0.2) is 9.59 Å². The lowest BCUT2D eigenvalue weighted by Gasteiger charge is -2.16. The summed E-state index contributed by atoms with van der Waals surface area (Å²) in [6.07, 6.45) is 5.63. The van der Waals surface area contributed by atoms with Gasteiger partial charge in [0.25, 0.3) is 0 Å². The number of hydrogen-bond donors (Lipinski definition) is 2. The zero-order chi connectivity index (χ0) is 17.0. The third kappa shape index (κ3) is 3.74. The van der Waals surface area contributed by atoms with E-state index < -0.39 is 23.8 Å². The number of carbonyl (C=O) groups is 3. The average Bonchev–Trinajstić information content (AvgIpc) is 2.54. The smallest absolute Gasteiger partial charge is 0.345 e. The maximum Gasteiger partial charge on any atom is 0.345 e. The molecule has 1 aliphatic carbocycles. The zero-order valence-electron chi connectivity index (χ0n) is 12.2. The summed E-state index contributed by atoms with van der Waals surface area (Å²) in [7, 11) is 0. The van der Waals surface area contributed by atoms with Gasteiger partial charge in [0.2, 0.25) is 0 Å². The minimum Gasteiger partial charge on any atom is -0.508 e. The van der Waals surface area contributed by atoms with Crippen LogP contribution in [0.2, 0.25) is 0 Å². The van der Waals surface area contributed by atoms with Gasteiger partial charge in [-0.3, -0.25) is 4.79 Å². The van der Waals surface area contributed by atoms with Gasteiger partial charge in [0.1, 0.15) is 11.7 Å². The van der Waals surface area contributed by atoms with Crippen LogP contribution in [0.4, 0.5) is 0 Å². The number of aromatic hydroxyl groups is 1. The molecule has 0 saturated heterocycles. The lowest BCUT2D eigenvalue weighted by Crippen LogP contribution is -2.23. The van der Waals surface area contributed by atoms with Gasteiger partial charge < -0.3 is 14.9 Å². The zero-order valence-corrected chi connectivity index (χ0v) is 12.2. The van der Waals surface area contributed by atoms with Crippen molar-refractivity contribution in [3.63, 3.8) is 0 Å². The largest absolute Gasteiger partial charge is 0.508 e. The highest BCUT2D eigenvalue weighted by atomic mass is 16.6. The van der Waals surface area contributed by atoms with E-state index >= 15 is 0 Å². The second-order valence-electron chi connectivity index (χ2n) is 4.79. The Morgan fingerprint density at radius 1 is 1.17 bits per heavy atom. The molecule has 6 nitrogen and oxygen atoms in total. The van der Waals surface area contributed by atoms with Gasteiger partial charge >= 0.3 is 17.9 Å². The van der Waals surface area contributed by atoms with E-state index in [1.54, 1.807) is 13.0 Å². The standard InChI is InChI=1S/C17H14O6/c1-2-10-9-12(15(19)20)5-8-14(10)17(22)23-16(21)11-3-6-13(18)7-4-11/h2-9,14,18H,1H3,(H,19,20). The molecule has 1 unspecified atom stereocenters. The number of esters is 2.